The molecule has 0 fully saturated rings. The summed E-state index contributed by atoms with van der Waals surface area (Å²) in [7, 11) is 0. The van der Waals surface area contributed by atoms with Gasteiger partial charge in [0.1, 0.15) is 11.5 Å². The third-order valence-corrected chi connectivity index (χ3v) is 3.62. The van der Waals surface area contributed by atoms with E-state index in [4.69, 9.17) is 5.73 Å². The summed E-state index contributed by atoms with van der Waals surface area (Å²) < 4.78 is 13.9. The van der Waals surface area contributed by atoms with Crippen molar-refractivity contribution < 1.29 is 9.18 Å². The van der Waals surface area contributed by atoms with Crippen LogP contribution in [0.25, 0.3) is 5.69 Å². The van der Waals surface area contributed by atoms with Crippen LogP contribution in [-0.4, -0.2) is 20.9 Å². The van der Waals surface area contributed by atoms with Gasteiger partial charge in [-0.05, 0) is 31.2 Å². The van der Waals surface area contributed by atoms with E-state index < -0.39 is 11.7 Å². The fraction of sp³-hybridized carbons (Fsp3) is 0.118. The van der Waals surface area contributed by atoms with Crippen molar-refractivity contribution in [3.63, 3.8) is 0 Å². The van der Waals surface area contributed by atoms with Crippen LogP contribution >= 0.6 is 0 Å². The number of primary amides is 1. The molecule has 1 aromatic heterocycles. The molecule has 3 aromatic rings. The molecule has 0 saturated heterocycles. The minimum atomic E-state index is -0.674. The first-order valence-electron chi connectivity index (χ1n) is 7.35. The van der Waals surface area contributed by atoms with Gasteiger partial charge in [-0.25, -0.2) is 4.39 Å². The first kappa shape index (κ1) is 15.7. The Morgan fingerprint density at radius 3 is 2.75 bits per heavy atom. The number of anilines is 1. The minimum Gasteiger partial charge on any atom is -0.379 e. The lowest BCUT2D eigenvalue weighted by Gasteiger charge is -2.10. The second-order valence-corrected chi connectivity index (χ2v) is 5.31. The predicted molar refractivity (Wildman–Crippen MR) is 88.3 cm³/mol. The van der Waals surface area contributed by atoms with Crippen LogP contribution in [0.2, 0.25) is 0 Å². The van der Waals surface area contributed by atoms with Gasteiger partial charge in [0.2, 0.25) is 5.91 Å². The second kappa shape index (κ2) is 6.49. The van der Waals surface area contributed by atoms with Gasteiger partial charge in [0.25, 0.3) is 0 Å². The maximum atomic E-state index is 13.9. The molecule has 6 nitrogen and oxygen atoms in total. The summed E-state index contributed by atoms with van der Waals surface area (Å²) in [4.78, 5) is 12.8. The van der Waals surface area contributed by atoms with E-state index in [1.165, 1.54) is 10.9 Å². The summed E-state index contributed by atoms with van der Waals surface area (Å²) in [5.41, 5.74) is 7.78. The zero-order chi connectivity index (χ0) is 17.1. The van der Waals surface area contributed by atoms with E-state index >= 15 is 0 Å². The van der Waals surface area contributed by atoms with Gasteiger partial charge in [0, 0.05) is 16.8 Å². The lowest BCUT2D eigenvalue weighted by atomic mass is 10.1. The third kappa shape index (κ3) is 3.24. The van der Waals surface area contributed by atoms with Gasteiger partial charge in [0.15, 0.2) is 0 Å². The number of para-hydroxylation sites is 1. The van der Waals surface area contributed by atoms with Crippen LogP contribution in [0.1, 0.15) is 21.6 Å². The van der Waals surface area contributed by atoms with Gasteiger partial charge in [-0.3, -0.25) is 4.79 Å². The molecule has 1 amide bonds. The highest BCUT2D eigenvalue weighted by Gasteiger charge is 2.11. The highest BCUT2D eigenvalue weighted by molar-refractivity contribution is 5.94. The number of aromatic nitrogens is 3. The summed E-state index contributed by atoms with van der Waals surface area (Å²) in [6.45, 7) is 1.97. The normalized spacial score (nSPS) is 10.6. The highest BCUT2D eigenvalue weighted by atomic mass is 19.1. The Hall–Kier alpha value is -3.22. The number of carbonyl (C=O) groups is 1. The average molecular weight is 325 g/mol. The summed E-state index contributed by atoms with van der Waals surface area (Å²) >= 11 is 0. The molecular weight excluding hydrogens is 309 g/mol. The number of rotatable bonds is 5. The Morgan fingerprint density at radius 1 is 1.29 bits per heavy atom. The van der Waals surface area contributed by atoms with E-state index in [2.05, 4.69) is 15.5 Å². The van der Waals surface area contributed by atoms with Crippen molar-refractivity contribution in [1.82, 2.24) is 15.0 Å². The van der Waals surface area contributed by atoms with E-state index in [-0.39, 0.29) is 5.56 Å². The van der Waals surface area contributed by atoms with E-state index in [9.17, 15) is 9.18 Å². The topological polar surface area (TPSA) is 85.8 Å². The third-order valence-electron chi connectivity index (χ3n) is 3.62. The van der Waals surface area contributed by atoms with Crippen LogP contribution in [0, 0.1) is 12.7 Å². The summed E-state index contributed by atoms with van der Waals surface area (Å²) in [6, 6.07) is 12.2. The minimum absolute atomic E-state index is 0.119. The Morgan fingerprint density at radius 2 is 2.04 bits per heavy atom. The molecule has 0 aliphatic heterocycles. The first-order chi connectivity index (χ1) is 11.5. The van der Waals surface area contributed by atoms with Crippen molar-refractivity contribution in [2.24, 2.45) is 5.73 Å². The molecule has 0 aliphatic carbocycles. The van der Waals surface area contributed by atoms with E-state index in [0.29, 0.717) is 23.5 Å². The molecule has 0 spiro atoms. The molecule has 0 bridgehead atoms. The van der Waals surface area contributed by atoms with Gasteiger partial charge in [-0.1, -0.05) is 18.2 Å². The summed E-state index contributed by atoms with van der Waals surface area (Å²) in [6.07, 6.45) is 1.63. The van der Waals surface area contributed by atoms with Gasteiger partial charge in [-0.2, -0.15) is 15.0 Å². The number of hydrogen-bond acceptors (Lipinski definition) is 4. The fourth-order valence-electron chi connectivity index (χ4n) is 2.25. The molecule has 122 valence electrons. The molecule has 0 saturated carbocycles. The maximum absolute atomic E-state index is 13.9. The molecule has 3 N–H and O–H groups in total. The van der Waals surface area contributed by atoms with E-state index in [1.54, 1.807) is 13.1 Å². The number of halogens is 1. The van der Waals surface area contributed by atoms with Crippen LogP contribution < -0.4 is 11.1 Å². The van der Waals surface area contributed by atoms with E-state index in [1.807, 2.05) is 30.3 Å². The van der Waals surface area contributed by atoms with Crippen molar-refractivity contribution >= 4 is 11.6 Å². The lowest BCUT2D eigenvalue weighted by molar-refractivity contribution is 0.1000. The number of nitrogens with two attached hydrogens (primary N) is 1. The number of benzene rings is 2. The summed E-state index contributed by atoms with van der Waals surface area (Å²) in [5.74, 6) is -1.16. The molecule has 1 heterocycles. The van der Waals surface area contributed by atoms with Crippen molar-refractivity contribution in [3.8, 4) is 5.69 Å². The SMILES string of the molecule is Cc1c(F)cc(C(N)=O)cc1NCc1cnn(-c2ccccc2)n1. The largest absolute Gasteiger partial charge is 0.379 e. The van der Waals surface area contributed by atoms with Crippen LogP contribution in [0.3, 0.4) is 0 Å². The average Bonchev–Trinajstić information content (AvgIpc) is 3.05. The summed E-state index contributed by atoms with van der Waals surface area (Å²) in [5, 5.41) is 11.6. The standard InChI is InChI=1S/C17H16FN5O/c1-11-15(18)7-12(17(19)24)8-16(11)20-9-13-10-21-23(22-13)14-5-3-2-4-6-14/h2-8,10,20H,9H2,1H3,(H2,19,24). The quantitative estimate of drug-likeness (QED) is 0.754. The maximum Gasteiger partial charge on any atom is 0.248 e. The van der Waals surface area contributed by atoms with E-state index in [0.717, 1.165) is 11.8 Å². The van der Waals surface area contributed by atoms with Crippen LogP contribution in [0.15, 0.2) is 48.7 Å². The molecule has 0 atom stereocenters. The molecule has 2 aromatic carbocycles. The number of carbonyl (C=O) groups excluding carboxylic acids is 1. The monoisotopic (exact) mass is 325 g/mol. The molecular formula is C17H16FN5O. The van der Waals surface area contributed by atoms with Crippen molar-refractivity contribution in [2.45, 2.75) is 13.5 Å². The smallest absolute Gasteiger partial charge is 0.248 e. The van der Waals surface area contributed by atoms with Gasteiger partial charge >= 0.3 is 0 Å². The molecule has 7 heteroatoms. The van der Waals surface area contributed by atoms with Crippen molar-refractivity contribution in [1.29, 1.82) is 0 Å². The zero-order valence-corrected chi connectivity index (χ0v) is 13.0. The van der Waals surface area contributed by atoms with Gasteiger partial charge in [0.05, 0.1) is 18.4 Å². The first-order valence-corrected chi connectivity index (χ1v) is 7.35. The highest BCUT2D eigenvalue weighted by Crippen LogP contribution is 2.21. The lowest BCUT2D eigenvalue weighted by Crippen LogP contribution is -2.13. The molecule has 24 heavy (non-hydrogen) atoms. The number of nitrogens with zero attached hydrogens (tertiary/aromatic N) is 3. The van der Waals surface area contributed by atoms with Crippen molar-refractivity contribution in [2.75, 3.05) is 5.32 Å². The molecule has 0 unspecified atom stereocenters. The Kier molecular flexibility index (Phi) is 4.24. The van der Waals surface area contributed by atoms with Crippen LogP contribution in [0.5, 0.6) is 0 Å². The number of amides is 1. The number of nitrogens with one attached hydrogen (secondary N) is 1. The second-order valence-electron chi connectivity index (χ2n) is 5.31. The van der Waals surface area contributed by atoms with Gasteiger partial charge in [-0.15, -0.1) is 0 Å². The fourth-order valence-corrected chi connectivity index (χ4v) is 2.25. The Labute approximate surface area is 138 Å². The Bertz CT molecular complexity index is 876. The molecule has 0 aliphatic rings. The van der Waals surface area contributed by atoms with Gasteiger partial charge < -0.3 is 11.1 Å². The van der Waals surface area contributed by atoms with Crippen LogP contribution in [0.4, 0.5) is 10.1 Å². The Balaban J connectivity index is 1.77. The predicted octanol–water partition coefficient (Wildman–Crippen LogP) is 2.43. The van der Waals surface area contributed by atoms with Crippen LogP contribution in [-0.2, 0) is 6.54 Å². The zero-order valence-electron chi connectivity index (χ0n) is 13.0. The van der Waals surface area contributed by atoms with Crippen molar-refractivity contribution in [3.05, 3.63) is 71.3 Å². The number of hydrogen-bond donors (Lipinski definition) is 2. The molecule has 3 rings (SSSR count). The molecule has 0 radical (unpaired) electrons.